The van der Waals surface area contributed by atoms with E-state index in [2.05, 4.69) is 11.4 Å². The molecule has 0 aliphatic heterocycles. The third kappa shape index (κ3) is 5.66. The Kier molecular flexibility index (Phi) is 7.41. The maximum Gasteiger partial charge on any atom is 0.254 e. The topological polar surface area (TPSA) is 67.2 Å². The number of aromatic nitrogens is 2. The largest absolute Gasteiger partial charge is 0.329 e. The normalized spacial score (nSPS) is 10.7. The monoisotopic (exact) mass is 466 g/mol. The fourth-order valence-electron chi connectivity index (χ4n) is 4.09. The van der Waals surface area contributed by atoms with Crippen LogP contribution in [0.3, 0.4) is 0 Å². The molecule has 0 aliphatic rings. The average Bonchev–Trinajstić information content (AvgIpc) is 3.27. The summed E-state index contributed by atoms with van der Waals surface area (Å²) in [6, 6.07) is 26.9. The minimum absolute atomic E-state index is 0.0414. The number of aryl methyl sites for hydroxylation is 2. The van der Waals surface area contributed by atoms with Crippen LogP contribution in [0, 0.1) is 13.8 Å². The van der Waals surface area contributed by atoms with Crippen molar-refractivity contribution in [2.45, 2.75) is 27.2 Å². The van der Waals surface area contributed by atoms with Crippen molar-refractivity contribution in [2.24, 2.45) is 0 Å². The van der Waals surface area contributed by atoms with E-state index in [1.807, 2.05) is 87.5 Å². The van der Waals surface area contributed by atoms with Gasteiger partial charge in [-0.05, 0) is 44.0 Å². The molecule has 6 heteroatoms. The fraction of sp³-hybridized carbons (Fsp3) is 0.207. The lowest BCUT2D eigenvalue weighted by atomic mass is 10.1. The average molecular weight is 467 g/mol. The van der Waals surface area contributed by atoms with Crippen LogP contribution in [0.15, 0.2) is 84.9 Å². The third-order valence-corrected chi connectivity index (χ3v) is 5.76. The zero-order valence-electron chi connectivity index (χ0n) is 20.4. The molecule has 1 heterocycles. The Morgan fingerprint density at radius 2 is 1.60 bits per heavy atom. The first-order valence-corrected chi connectivity index (χ1v) is 11.8. The SMILES string of the molecule is CCCN(CC(=O)Nc1cc(-c2ccccc2)nn1-c1ccc(C)cc1C)C(=O)c1ccccc1. The predicted octanol–water partition coefficient (Wildman–Crippen LogP) is 5.65. The number of rotatable bonds is 8. The van der Waals surface area contributed by atoms with E-state index in [1.165, 1.54) is 0 Å². The van der Waals surface area contributed by atoms with E-state index in [0.29, 0.717) is 17.9 Å². The molecule has 0 saturated carbocycles. The van der Waals surface area contributed by atoms with Crippen molar-refractivity contribution in [2.75, 3.05) is 18.4 Å². The van der Waals surface area contributed by atoms with Crippen LogP contribution in [0.1, 0.15) is 34.8 Å². The quantitative estimate of drug-likeness (QED) is 0.365. The summed E-state index contributed by atoms with van der Waals surface area (Å²) < 4.78 is 1.76. The van der Waals surface area contributed by atoms with Crippen molar-refractivity contribution in [1.29, 1.82) is 0 Å². The van der Waals surface area contributed by atoms with Crippen LogP contribution >= 0.6 is 0 Å². The van der Waals surface area contributed by atoms with Gasteiger partial charge in [0, 0.05) is 23.7 Å². The van der Waals surface area contributed by atoms with Crippen LogP contribution in [0.25, 0.3) is 16.9 Å². The lowest BCUT2D eigenvalue weighted by Gasteiger charge is -2.22. The van der Waals surface area contributed by atoms with Gasteiger partial charge in [-0.1, -0.05) is 73.2 Å². The molecule has 1 N–H and O–H groups in total. The van der Waals surface area contributed by atoms with Gasteiger partial charge in [0.25, 0.3) is 5.91 Å². The molecule has 35 heavy (non-hydrogen) atoms. The van der Waals surface area contributed by atoms with Gasteiger partial charge in [0.2, 0.25) is 5.91 Å². The predicted molar refractivity (Wildman–Crippen MR) is 140 cm³/mol. The summed E-state index contributed by atoms with van der Waals surface area (Å²) in [5, 5.41) is 7.82. The van der Waals surface area contributed by atoms with E-state index >= 15 is 0 Å². The van der Waals surface area contributed by atoms with Crippen LogP contribution in [0.5, 0.6) is 0 Å². The van der Waals surface area contributed by atoms with Crippen molar-refractivity contribution < 1.29 is 9.59 Å². The van der Waals surface area contributed by atoms with Crippen molar-refractivity contribution >= 4 is 17.6 Å². The van der Waals surface area contributed by atoms with Crippen LogP contribution in [0.2, 0.25) is 0 Å². The molecule has 0 radical (unpaired) electrons. The number of anilines is 1. The molecule has 4 aromatic rings. The number of carbonyl (C=O) groups excluding carboxylic acids is 2. The number of amides is 2. The molecular weight excluding hydrogens is 436 g/mol. The second-order valence-corrected chi connectivity index (χ2v) is 8.62. The highest BCUT2D eigenvalue weighted by molar-refractivity contribution is 5.99. The minimum atomic E-state index is -0.270. The molecule has 0 spiro atoms. The highest BCUT2D eigenvalue weighted by atomic mass is 16.2. The van der Waals surface area contributed by atoms with E-state index in [4.69, 9.17) is 5.10 Å². The molecule has 2 amide bonds. The van der Waals surface area contributed by atoms with Gasteiger partial charge in [0.05, 0.1) is 11.4 Å². The van der Waals surface area contributed by atoms with E-state index in [-0.39, 0.29) is 18.4 Å². The van der Waals surface area contributed by atoms with Crippen LogP contribution in [0.4, 0.5) is 5.82 Å². The Morgan fingerprint density at radius 3 is 2.26 bits per heavy atom. The molecule has 6 nitrogen and oxygen atoms in total. The number of nitrogens with one attached hydrogen (secondary N) is 1. The summed E-state index contributed by atoms with van der Waals surface area (Å²) in [5.41, 5.74) is 5.38. The molecule has 0 atom stereocenters. The summed E-state index contributed by atoms with van der Waals surface area (Å²) in [6.45, 7) is 6.51. The van der Waals surface area contributed by atoms with Crippen molar-refractivity contribution in [3.63, 3.8) is 0 Å². The maximum absolute atomic E-state index is 13.2. The van der Waals surface area contributed by atoms with Gasteiger partial charge in [-0.2, -0.15) is 5.10 Å². The van der Waals surface area contributed by atoms with Gasteiger partial charge < -0.3 is 10.2 Å². The molecule has 0 saturated heterocycles. The van der Waals surface area contributed by atoms with Crippen molar-refractivity contribution in [1.82, 2.24) is 14.7 Å². The number of benzene rings is 3. The summed E-state index contributed by atoms with van der Waals surface area (Å²) >= 11 is 0. The van der Waals surface area contributed by atoms with Gasteiger partial charge in [-0.25, -0.2) is 4.68 Å². The Balaban J connectivity index is 1.63. The van der Waals surface area contributed by atoms with E-state index in [9.17, 15) is 9.59 Å². The third-order valence-electron chi connectivity index (χ3n) is 5.76. The number of hydrogen-bond donors (Lipinski definition) is 1. The molecule has 4 rings (SSSR count). The first-order valence-electron chi connectivity index (χ1n) is 11.8. The van der Waals surface area contributed by atoms with Crippen LogP contribution in [-0.4, -0.2) is 39.6 Å². The second kappa shape index (κ2) is 10.8. The molecule has 0 aliphatic carbocycles. The van der Waals surface area contributed by atoms with E-state index < -0.39 is 0 Å². The summed E-state index contributed by atoms with van der Waals surface area (Å²) in [6.07, 6.45) is 0.754. The second-order valence-electron chi connectivity index (χ2n) is 8.62. The Labute approximate surface area is 206 Å². The Morgan fingerprint density at radius 1 is 0.914 bits per heavy atom. The molecule has 3 aromatic carbocycles. The maximum atomic E-state index is 13.2. The zero-order valence-corrected chi connectivity index (χ0v) is 20.4. The molecule has 178 valence electrons. The molecule has 0 fully saturated rings. The van der Waals surface area contributed by atoms with E-state index in [0.717, 1.165) is 34.5 Å². The summed E-state index contributed by atoms with van der Waals surface area (Å²) in [7, 11) is 0. The van der Waals surface area contributed by atoms with Gasteiger partial charge in [0.1, 0.15) is 12.4 Å². The molecule has 0 bridgehead atoms. The van der Waals surface area contributed by atoms with Crippen molar-refractivity contribution in [3.05, 3.63) is 102 Å². The van der Waals surface area contributed by atoms with Gasteiger partial charge >= 0.3 is 0 Å². The standard InChI is InChI=1S/C29H30N4O2/c1-4-17-32(29(35)24-13-9-6-10-14-24)20-28(34)30-27-19-25(23-11-7-5-8-12-23)31-33(27)26-16-15-21(2)18-22(26)3/h5-16,18-19H,4,17,20H2,1-3H3,(H,30,34). The fourth-order valence-corrected chi connectivity index (χ4v) is 4.09. The molecule has 0 unspecified atom stereocenters. The van der Waals surface area contributed by atoms with Gasteiger partial charge in [0.15, 0.2) is 0 Å². The van der Waals surface area contributed by atoms with Crippen molar-refractivity contribution in [3.8, 4) is 16.9 Å². The minimum Gasteiger partial charge on any atom is -0.329 e. The highest BCUT2D eigenvalue weighted by Crippen LogP contribution is 2.26. The lowest BCUT2D eigenvalue weighted by molar-refractivity contribution is -0.116. The number of hydrogen-bond acceptors (Lipinski definition) is 3. The van der Waals surface area contributed by atoms with Crippen LogP contribution < -0.4 is 5.32 Å². The first-order chi connectivity index (χ1) is 17.0. The molecular formula is C29H30N4O2. The summed E-state index contributed by atoms with van der Waals surface area (Å²) in [5.74, 6) is 0.133. The van der Waals surface area contributed by atoms with Gasteiger partial charge in [-0.15, -0.1) is 0 Å². The zero-order chi connectivity index (χ0) is 24.8. The number of nitrogens with zero attached hydrogens (tertiary/aromatic N) is 3. The summed E-state index contributed by atoms with van der Waals surface area (Å²) in [4.78, 5) is 27.7. The van der Waals surface area contributed by atoms with E-state index in [1.54, 1.807) is 21.7 Å². The lowest BCUT2D eigenvalue weighted by Crippen LogP contribution is -2.38. The van der Waals surface area contributed by atoms with Crippen LogP contribution in [-0.2, 0) is 4.79 Å². The molecule has 1 aromatic heterocycles. The Bertz CT molecular complexity index is 1310. The smallest absolute Gasteiger partial charge is 0.254 e. The first kappa shape index (κ1) is 24.0. The van der Waals surface area contributed by atoms with Gasteiger partial charge in [-0.3, -0.25) is 9.59 Å². The number of carbonyl (C=O) groups is 2. The Hall–Kier alpha value is -4.19. The highest BCUT2D eigenvalue weighted by Gasteiger charge is 2.20.